The van der Waals surface area contributed by atoms with Crippen LogP contribution in [0.3, 0.4) is 0 Å². The molecule has 2 aliphatic carbocycles. The quantitative estimate of drug-likeness (QED) is 0.0338. The number of aryl methyl sites for hydroxylation is 2. The summed E-state index contributed by atoms with van der Waals surface area (Å²) in [5, 5.41) is 6.22. The summed E-state index contributed by atoms with van der Waals surface area (Å²) in [5.41, 5.74) is 4.85. The minimum absolute atomic E-state index is 0.181. The molecule has 0 spiro atoms. The molecule has 2 fully saturated rings. The largest absolute Gasteiger partial charge is 0.319 e. The van der Waals surface area contributed by atoms with Crippen LogP contribution in [0, 0.1) is 23.3 Å². The van der Waals surface area contributed by atoms with Crippen molar-refractivity contribution in [2.24, 2.45) is 0 Å². The molecule has 0 amide bonds. The van der Waals surface area contributed by atoms with E-state index in [9.17, 15) is 22.1 Å². The first-order valence-electron chi connectivity index (χ1n) is 23.5. The second kappa shape index (κ2) is 25.2. The van der Waals surface area contributed by atoms with Crippen LogP contribution in [-0.4, -0.2) is 26.3 Å². The molecule has 0 aromatic heterocycles. The first-order valence-corrected chi connectivity index (χ1v) is 24.8. The van der Waals surface area contributed by atoms with Crippen molar-refractivity contribution in [2.75, 3.05) is 26.3 Å². The molecule has 0 heterocycles. The molecule has 5 nitrogen and oxygen atoms in total. The summed E-state index contributed by atoms with van der Waals surface area (Å²) in [5.74, 6) is -1.56. The van der Waals surface area contributed by atoms with E-state index in [-0.39, 0.29) is 59.9 Å². The van der Waals surface area contributed by atoms with Gasteiger partial charge in [-0.25, -0.2) is 17.6 Å². The lowest BCUT2D eigenvalue weighted by Gasteiger charge is -2.30. The van der Waals surface area contributed by atoms with Crippen LogP contribution in [0.2, 0.25) is 0 Å². The molecule has 10 heteroatoms. The van der Waals surface area contributed by atoms with Gasteiger partial charge in [0.05, 0.1) is 13.2 Å². The Morgan fingerprint density at radius 1 is 0.484 bits per heavy atom. The zero-order chi connectivity index (χ0) is 43.5. The highest BCUT2D eigenvalue weighted by Crippen LogP contribution is 2.46. The molecule has 4 aromatic carbocycles. The monoisotopic (exact) mass is 876 g/mol. The van der Waals surface area contributed by atoms with Gasteiger partial charge in [-0.1, -0.05) is 112 Å². The molecule has 4 aromatic rings. The lowest BCUT2D eigenvalue weighted by atomic mass is 9.75. The van der Waals surface area contributed by atoms with Crippen molar-refractivity contribution < 1.29 is 31.2 Å². The van der Waals surface area contributed by atoms with Gasteiger partial charge in [0.1, 0.15) is 23.3 Å². The smallest absolute Gasteiger partial charge is 0.312 e. The van der Waals surface area contributed by atoms with Gasteiger partial charge in [-0.05, 0) is 147 Å². The van der Waals surface area contributed by atoms with E-state index in [1.165, 1.54) is 86.8 Å². The first-order chi connectivity index (χ1) is 30.3. The standard InChI is InChI=1S/C52H69F4N2O3P/c53-47-37-43(49(55)35-41(47)19-5-3-11-25-51(27-13-14-28-51)45-21-7-1-8-22-45)39-57-31-17-33-60-62(59)61-34-18-32-58-40-44-38-48(54)42(36-50(44)56)20-6-4-12-26-52(29-15-16-30-52)46-23-9-2-10-24-46/h1-2,7-10,21-24,35-38,57-58,62H,3-6,11-20,25-34,39-40H2. The van der Waals surface area contributed by atoms with Crippen LogP contribution in [0.4, 0.5) is 17.6 Å². The maximum Gasteiger partial charge on any atom is 0.319 e. The van der Waals surface area contributed by atoms with Crippen LogP contribution in [-0.2, 0) is 50.4 Å². The number of hydrogen-bond acceptors (Lipinski definition) is 5. The van der Waals surface area contributed by atoms with Crippen LogP contribution in [0.25, 0.3) is 0 Å². The van der Waals surface area contributed by atoms with Crippen LogP contribution in [0.5, 0.6) is 0 Å². The fourth-order valence-electron chi connectivity index (χ4n) is 10.1. The summed E-state index contributed by atoms with van der Waals surface area (Å²) < 4.78 is 82.4. The van der Waals surface area contributed by atoms with Crippen molar-refractivity contribution in [3.05, 3.63) is 142 Å². The van der Waals surface area contributed by atoms with Gasteiger partial charge in [0.25, 0.3) is 0 Å². The third-order valence-electron chi connectivity index (χ3n) is 13.6. The van der Waals surface area contributed by atoms with Gasteiger partial charge >= 0.3 is 8.25 Å². The summed E-state index contributed by atoms with van der Waals surface area (Å²) >= 11 is 0. The van der Waals surface area contributed by atoms with Crippen molar-refractivity contribution in [3.63, 3.8) is 0 Å². The van der Waals surface area contributed by atoms with Crippen LogP contribution in [0.1, 0.15) is 149 Å². The van der Waals surface area contributed by atoms with Crippen molar-refractivity contribution >= 4 is 8.25 Å². The summed E-state index contributed by atoms with van der Waals surface area (Å²) in [6.45, 7) is 1.70. The number of benzene rings is 4. The van der Waals surface area contributed by atoms with Gasteiger partial charge in [0, 0.05) is 24.2 Å². The molecule has 2 saturated carbocycles. The molecule has 0 radical (unpaired) electrons. The first kappa shape index (κ1) is 48.1. The van der Waals surface area contributed by atoms with E-state index in [1.54, 1.807) is 0 Å². The Morgan fingerprint density at radius 3 is 1.26 bits per heavy atom. The highest BCUT2D eigenvalue weighted by molar-refractivity contribution is 7.33. The van der Waals surface area contributed by atoms with E-state index >= 15 is 0 Å². The third kappa shape index (κ3) is 14.3. The average molecular weight is 877 g/mol. The number of hydrogen-bond donors (Lipinski definition) is 2. The highest BCUT2D eigenvalue weighted by atomic mass is 31.1. The van der Waals surface area contributed by atoms with Crippen LogP contribution < -0.4 is 10.6 Å². The number of nitrogens with one attached hydrogen (secondary N) is 2. The van der Waals surface area contributed by atoms with Crippen molar-refractivity contribution in [1.82, 2.24) is 10.6 Å². The maximum absolute atomic E-state index is 14.9. The molecular weight excluding hydrogens is 808 g/mol. The number of unbranched alkanes of at least 4 members (excludes halogenated alkanes) is 4. The van der Waals surface area contributed by atoms with Crippen molar-refractivity contribution in [3.8, 4) is 0 Å². The lowest BCUT2D eigenvalue weighted by Crippen LogP contribution is -2.21. The van der Waals surface area contributed by atoms with E-state index in [0.717, 1.165) is 51.4 Å². The fraction of sp³-hybridized carbons (Fsp3) is 0.538. The summed E-state index contributed by atoms with van der Waals surface area (Å²) in [6, 6.07) is 26.9. The normalized spacial score (nSPS) is 15.8. The third-order valence-corrected chi connectivity index (χ3v) is 14.5. The minimum Gasteiger partial charge on any atom is -0.312 e. The summed E-state index contributed by atoms with van der Waals surface area (Å²) in [7, 11) is -2.69. The lowest BCUT2D eigenvalue weighted by molar-refractivity contribution is 0.220. The van der Waals surface area contributed by atoms with Gasteiger partial charge in [-0.2, -0.15) is 0 Å². The molecule has 62 heavy (non-hydrogen) atoms. The number of rotatable bonds is 28. The number of halogens is 4. The zero-order valence-electron chi connectivity index (χ0n) is 36.7. The predicted molar refractivity (Wildman–Crippen MR) is 244 cm³/mol. The second-order valence-electron chi connectivity index (χ2n) is 17.9. The fourth-order valence-corrected chi connectivity index (χ4v) is 10.8. The van der Waals surface area contributed by atoms with Gasteiger partial charge in [-0.15, -0.1) is 0 Å². The molecule has 2 aliphatic rings. The maximum atomic E-state index is 14.9. The Labute approximate surface area is 369 Å². The van der Waals surface area contributed by atoms with Crippen LogP contribution in [0.15, 0.2) is 84.9 Å². The minimum atomic E-state index is -2.69. The molecule has 338 valence electrons. The predicted octanol–water partition coefficient (Wildman–Crippen LogP) is 13.6. The van der Waals surface area contributed by atoms with Gasteiger partial charge in [0.2, 0.25) is 0 Å². The van der Waals surface area contributed by atoms with Crippen LogP contribution >= 0.6 is 8.25 Å². The molecule has 0 atom stereocenters. The molecule has 6 rings (SSSR count). The van der Waals surface area contributed by atoms with E-state index in [4.69, 9.17) is 9.05 Å². The van der Waals surface area contributed by atoms with E-state index in [1.807, 2.05) is 0 Å². The van der Waals surface area contributed by atoms with Crippen molar-refractivity contribution in [1.29, 1.82) is 0 Å². The average Bonchev–Trinajstić information content (AvgIpc) is 3.98. The Morgan fingerprint density at radius 2 is 0.855 bits per heavy atom. The Hall–Kier alpha value is -3.33. The molecule has 0 bridgehead atoms. The van der Waals surface area contributed by atoms with E-state index in [2.05, 4.69) is 71.3 Å². The van der Waals surface area contributed by atoms with Crippen molar-refractivity contribution in [2.45, 2.75) is 152 Å². The van der Waals surface area contributed by atoms with E-state index < -0.39 is 19.9 Å². The highest BCUT2D eigenvalue weighted by Gasteiger charge is 2.35. The van der Waals surface area contributed by atoms with E-state index in [0.29, 0.717) is 49.9 Å². The Balaban J connectivity index is 0.769. The van der Waals surface area contributed by atoms with Gasteiger partial charge < -0.3 is 19.7 Å². The molecule has 2 N–H and O–H groups in total. The molecular formula is C52H69F4N2O3P. The Kier molecular flexibility index (Phi) is 19.6. The SMILES string of the molecule is O=[PH](OCCCNCc1cc(F)c(CCCCCC2(c3ccccc3)CCCC2)cc1F)OCCCNCc1cc(F)c(CCCCCC2(c3ccccc3)CCCC2)cc1F. The molecule has 0 aliphatic heterocycles. The topological polar surface area (TPSA) is 59.6 Å². The summed E-state index contributed by atoms with van der Waals surface area (Å²) in [6.07, 6.45) is 20.2. The molecule has 0 saturated heterocycles. The summed E-state index contributed by atoms with van der Waals surface area (Å²) in [4.78, 5) is 0. The van der Waals surface area contributed by atoms with Gasteiger partial charge in [0.15, 0.2) is 0 Å². The molecule has 0 unspecified atom stereocenters. The Bertz CT molecular complexity index is 1820. The van der Waals surface area contributed by atoms with Gasteiger partial charge in [-0.3, -0.25) is 4.57 Å². The second-order valence-corrected chi connectivity index (χ2v) is 19.0. The zero-order valence-corrected chi connectivity index (χ0v) is 37.7.